The Labute approximate surface area is 180 Å². The summed E-state index contributed by atoms with van der Waals surface area (Å²) in [4.78, 5) is 45.1. The molecule has 0 unspecified atom stereocenters. The lowest BCUT2D eigenvalue weighted by molar-refractivity contribution is -0.142. The van der Waals surface area contributed by atoms with Gasteiger partial charge in [-0.3, -0.25) is 14.5 Å². The van der Waals surface area contributed by atoms with Crippen LogP contribution in [0.25, 0.3) is 0 Å². The van der Waals surface area contributed by atoms with Crippen molar-refractivity contribution in [1.29, 1.82) is 0 Å². The summed E-state index contributed by atoms with van der Waals surface area (Å²) in [7, 11) is 0. The highest BCUT2D eigenvalue weighted by molar-refractivity contribution is 6.07. The SMILES string of the molecule is CC(C)CN1CCC2(CC1)NC(=O)N([C@H]1CCCN(C(=O)C3CCCCC3)C1)C2=O. The zero-order valence-corrected chi connectivity index (χ0v) is 18.7. The van der Waals surface area contributed by atoms with Gasteiger partial charge in [0.15, 0.2) is 0 Å². The van der Waals surface area contributed by atoms with E-state index in [1.54, 1.807) is 0 Å². The minimum absolute atomic E-state index is 0.0614. The van der Waals surface area contributed by atoms with Crippen LogP contribution in [0.2, 0.25) is 0 Å². The van der Waals surface area contributed by atoms with Crippen molar-refractivity contribution in [3.8, 4) is 0 Å². The molecule has 0 aromatic carbocycles. The fraction of sp³-hybridized carbons (Fsp3) is 0.870. The van der Waals surface area contributed by atoms with E-state index in [1.807, 2.05) is 4.90 Å². The maximum Gasteiger partial charge on any atom is 0.325 e. The highest BCUT2D eigenvalue weighted by atomic mass is 16.2. The van der Waals surface area contributed by atoms with Gasteiger partial charge in [-0.05, 0) is 44.4 Å². The molecule has 7 nitrogen and oxygen atoms in total. The van der Waals surface area contributed by atoms with Crippen molar-refractivity contribution in [2.24, 2.45) is 11.8 Å². The fourth-order valence-corrected chi connectivity index (χ4v) is 5.92. The second-order valence-electron chi connectivity index (χ2n) is 10.3. The van der Waals surface area contributed by atoms with E-state index in [0.717, 1.165) is 64.7 Å². The lowest BCUT2D eigenvalue weighted by Crippen LogP contribution is -2.57. The highest BCUT2D eigenvalue weighted by Crippen LogP contribution is 2.33. The van der Waals surface area contributed by atoms with Gasteiger partial charge in [0.1, 0.15) is 5.54 Å². The van der Waals surface area contributed by atoms with E-state index in [0.29, 0.717) is 25.3 Å². The first-order valence-corrected chi connectivity index (χ1v) is 12.1. The number of carbonyl (C=O) groups excluding carboxylic acids is 3. The van der Waals surface area contributed by atoms with E-state index >= 15 is 0 Å². The quantitative estimate of drug-likeness (QED) is 0.713. The third kappa shape index (κ3) is 4.23. The molecule has 3 saturated heterocycles. The molecule has 4 amide bonds. The van der Waals surface area contributed by atoms with Gasteiger partial charge in [-0.2, -0.15) is 0 Å². The predicted molar refractivity (Wildman–Crippen MR) is 115 cm³/mol. The Morgan fingerprint density at radius 2 is 1.73 bits per heavy atom. The molecule has 1 N–H and O–H groups in total. The summed E-state index contributed by atoms with van der Waals surface area (Å²) in [5.41, 5.74) is -0.736. The normalized spacial score (nSPS) is 28.4. The molecule has 1 aliphatic carbocycles. The number of nitrogens with one attached hydrogen (secondary N) is 1. The smallest absolute Gasteiger partial charge is 0.325 e. The van der Waals surface area contributed by atoms with Crippen LogP contribution in [0.5, 0.6) is 0 Å². The van der Waals surface area contributed by atoms with Gasteiger partial charge >= 0.3 is 6.03 Å². The molecular formula is C23H38N4O3. The molecule has 168 valence electrons. The van der Waals surface area contributed by atoms with Gasteiger partial charge < -0.3 is 15.1 Å². The number of amides is 4. The Bertz CT molecular complexity index is 665. The largest absolute Gasteiger partial charge is 0.340 e. The second kappa shape index (κ2) is 8.85. The average molecular weight is 419 g/mol. The van der Waals surface area contributed by atoms with Crippen LogP contribution < -0.4 is 5.32 Å². The van der Waals surface area contributed by atoms with E-state index in [1.165, 1.54) is 11.3 Å². The Morgan fingerprint density at radius 1 is 1.03 bits per heavy atom. The number of urea groups is 1. The van der Waals surface area contributed by atoms with E-state index < -0.39 is 5.54 Å². The lowest BCUT2D eigenvalue weighted by atomic mass is 9.86. The first kappa shape index (κ1) is 21.6. The number of likely N-dealkylation sites (tertiary alicyclic amines) is 2. The molecular weight excluding hydrogens is 380 g/mol. The Morgan fingerprint density at radius 3 is 2.40 bits per heavy atom. The van der Waals surface area contributed by atoms with Crippen molar-refractivity contribution < 1.29 is 14.4 Å². The molecule has 3 aliphatic heterocycles. The summed E-state index contributed by atoms with van der Waals surface area (Å²) in [6.07, 6.45) is 8.48. The molecule has 0 aromatic rings. The third-order valence-electron chi connectivity index (χ3n) is 7.55. The van der Waals surface area contributed by atoms with Crippen LogP contribution in [0.1, 0.15) is 71.6 Å². The van der Waals surface area contributed by atoms with Gasteiger partial charge in [0.05, 0.1) is 6.04 Å². The van der Waals surface area contributed by atoms with Crippen molar-refractivity contribution in [3.63, 3.8) is 0 Å². The van der Waals surface area contributed by atoms with Crippen LogP contribution in [0.4, 0.5) is 4.79 Å². The fourth-order valence-electron chi connectivity index (χ4n) is 5.92. The van der Waals surface area contributed by atoms with E-state index in [4.69, 9.17) is 0 Å². The van der Waals surface area contributed by atoms with Crippen LogP contribution in [-0.2, 0) is 9.59 Å². The molecule has 7 heteroatoms. The number of nitrogens with zero attached hydrogens (tertiary/aromatic N) is 3. The van der Waals surface area contributed by atoms with Gasteiger partial charge in [0.25, 0.3) is 5.91 Å². The molecule has 4 rings (SSSR count). The van der Waals surface area contributed by atoms with Crippen LogP contribution in [-0.4, -0.2) is 76.8 Å². The van der Waals surface area contributed by atoms with Gasteiger partial charge in [-0.1, -0.05) is 33.1 Å². The summed E-state index contributed by atoms with van der Waals surface area (Å²) in [5, 5.41) is 3.06. The summed E-state index contributed by atoms with van der Waals surface area (Å²) >= 11 is 0. The van der Waals surface area contributed by atoms with Crippen LogP contribution in [0, 0.1) is 11.8 Å². The number of hydrogen-bond acceptors (Lipinski definition) is 4. The zero-order valence-electron chi connectivity index (χ0n) is 18.7. The van der Waals surface area contributed by atoms with Crippen molar-refractivity contribution in [2.75, 3.05) is 32.7 Å². The predicted octanol–water partition coefficient (Wildman–Crippen LogP) is 2.60. The monoisotopic (exact) mass is 418 g/mol. The summed E-state index contributed by atoms with van der Waals surface area (Å²) in [6, 6.07) is -0.443. The molecule has 4 fully saturated rings. The first-order valence-electron chi connectivity index (χ1n) is 12.1. The van der Waals surface area contributed by atoms with E-state index in [-0.39, 0.29) is 29.8 Å². The standard InChI is InChI=1S/C23H38N4O3/c1-17(2)15-25-13-10-23(11-14-25)21(29)27(22(30)24-23)19-9-6-12-26(16-19)20(28)18-7-4-3-5-8-18/h17-19H,3-16H2,1-2H3,(H,24,30)/t19-/m0/s1. The molecule has 0 aromatic heterocycles. The molecule has 1 spiro atoms. The molecule has 1 atom stereocenters. The average Bonchev–Trinajstić information content (AvgIpc) is 2.99. The van der Waals surface area contributed by atoms with Crippen molar-refractivity contribution in [2.45, 2.75) is 83.2 Å². The number of piperidine rings is 2. The minimum Gasteiger partial charge on any atom is -0.340 e. The van der Waals surface area contributed by atoms with Gasteiger partial charge in [0, 0.05) is 38.6 Å². The Kier molecular flexibility index (Phi) is 6.37. The topological polar surface area (TPSA) is 73.0 Å². The van der Waals surface area contributed by atoms with E-state index in [9.17, 15) is 14.4 Å². The maximum absolute atomic E-state index is 13.4. The van der Waals surface area contributed by atoms with Gasteiger partial charge in [-0.15, -0.1) is 0 Å². The molecule has 30 heavy (non-hydrogen) atoms. The summed E-state index contributed by atoms with van der Waals surface area (Å²) in [6.45, 7) is 8.39. The van der Waals surface area contributed by atoms with E-state index in [2.05, 4.69) is 24.1 Å². The van der Waals surface area contributed by atoms with Crippen molar-refractivity contribution >= 4 is 17.8 Å². The first-order chi connectivity index (χ1) is 14.4. The van der Waals surface area contributed by atoms with Crippen molar-refractivity contribution in [1.82, 2.24) is 20.0 Å². The Balaban J connectivity index is 1.39. The summed E-state index contributed by atoms with van der Waals surface area (Å²) < 4.78 is 0. The molecule has 3 heterocycles. The van der Waals surface area contributed by atoms with Gasteiger partial charge in [0.2, 0.25) is 5.91 Å². The van der Waals surface area contributed by atoms with Crippen LogP contribution in [0.15, 0.2) is 0 Å². The molecule has 1 saturated carbocycles. The number of hydrogen-bond donors (Lipinski definition) is 1. The molecule has 0 radical (unpaired) electrons. The number of carbonyl (C=O) groups is 3. The molecule has 4 aliphatic rings. The Hall–Kier alpha value is -1.63. The van der Waals surface area contributed by atoms with Crippen LogP contribution >= 0.6 is 0 Å². The third-order valence-corrected chi connectivity index (χ3v) is 7.55. The summed E-state index contributed by atoms with van der Waals surface area (Å²) in [5.74, 6) is 0.911. The minimum atomic E-state index is -0.736. The van der Waals surface area contributed by atoms with Crippen molar-refractivity contribution in [3.05, 3.63) is 0 Å². The zero-order chi connectivity index (χ0) is 21.3. The highest BCUT2D eigenvalue weighted by Gasteiger charge is 2.54. The second-order valence-corrected chi connectivity index (χ2v) is 10.3. The van der Waals surface area contributed by atoms with Gasteiger partial charge in [-0.25, -0.2) is 4.79 Å². The number of imide groups is 1. The molecule has 0 bridgehead atoms. The maximum atomic E-state index is 13.4. The number of rotatable bonds is 4. The lowest BCUT2D eigenvalue weighted by Gasteiger charge is -2.40. The van der Waals surface area contributed by atoms with Crippen LogP contribution in [0.3, 0.4) is 0 Å².